The van der Waals surface area contributed by atoms with Crippen molar-refractivity contribution < 1.29 is 4.74 Å². The van der Waals surface area contributed by atoms with Crippen molar-refractivity contribution >= 4 is 23.1 Å². The normalized spacial score (nSPS) is 10.8. The lowest BCUT2D eigenvalue weighted by Gasteiger charge is -2.26. The Hall–Kier alpha value is -3.10. The second-order valence-corrected chi connectivity index (χ2v) is 6.85. The number of hydrogen-bond acceptors (Lipinski definition) is 6. The highest BCUT2D eigenvalue weighted by atomic mass is 35.5. The molecule has 0 spiro atoms. The van der Waals surface area contributed by atoms with Gasteiger partial charge in [-0.15, -0.1) is 0 Å². The van der Waals surface area contributed by atoms with Gasteiger partial charge < -0.3 is 15.4 Å². The van der Waals surface area contributed by atoms with E-state index >= 15 is 0 Å². The van der Waals surface area contributed by atoms with E-state index < -0.39 is 11.2 Å². The SMILES string of the molecule is COCCn1c(N)c(N(Cc2ccccc2)Cc2ccnc(Cl)c2)c(=O)[nH]c1=O. The fraction of sp³-hybridized carbons (Fsp3) is 0.250. The lowest BCUT2D eigenvalue weighted by atomic mass is 10.1. The van der Waals surface area contributed by atoms with Gasteiger partial charge in [-0.2, -0.15) is 0 Å². The molecule has 2 heterocycles. The molecule has 0 saturated heterocycles. The maximum atomic E-state index is 12.7. The maximum Gasteiger partial charge on any atom is 0.330 e. The third-order valence-electron chi connectivity index (χ3n) is 4.43. The van der Waals surface area contributed by atoms with Crippen molar-refractivity contribution in [2.24, 2.45) is 0 Å². The second kappa shape index (κ2) is 9.40. The van der Waals surface area contributed by atoms with Crippen LogP contribution in [0.1, 0.15) is 11.1 Å². The van der Waals surface area contributed by atoms with Crippen LogP contribution in [0.5, 0.6) is 0 Å². The van der Waals surface area contributed by atoms with Gasteiger partial charge in [-0.3, -0.25) is 14.3 Å². The van der Waals surface area contributed by atoms with E-state index in [9.17, 15) is 9.59 Å². The summed E-state index contributed by atoms with van der Waals surface area (Å²) in [5.41, 5.74) is 7.22. The van der Waals surface area contributed by atoms with Crippen LogP contribution >= 0.6 is 11.6 Å². The molecule has 0 fully saturated rings. The third kappa shape index (κ3) is 5.04. The Balaban J connectivity index is 2.07. The van der Waals surface area contributed by atoms with Crippen LogP contribution in [0, 0.1) is 0 Å². The summed E-state index contributed by atoms with van der Waals surface area (Å²) in [5.74, 6) is 0.0897. The first-order valence-corrected chi connectivity index (χ1v) is 9.38. The Morgan fingerprint density at radius 1 is 1.17 bits per heavy atom. The number of aromatic nitrogens is 3. The van der Waals surface area contributed by atoms with E-state index in [1.54, 1.807) is 12.3 Å². The molecule has 0 amide bonds. The number of nitrogens with one attached hydrogen (secondary N) is 1. The van der Waals surface area contributed by atoms with Gasteiger partial charge in [-0.1, -0.05) is 41.9 Å². The van der Waals surface area contributed by atoms with Crippen LogP contribution in [-0.4, -0.2) is 28.3 Å². The molecule has 152 valence electrons. The van der Waals surface area contributed by atoms with Crippen LogP contribution in [0.3, 0.4) is 0 Å². The van der Waals surface area contributed by atoms with Crippen LogP contribution in [-0.2, 0) is 24.4 Å². The molecular formula is C20H22ClN5O3. The number of aromatic amines is 1. The molecule has 3 aromatic rings. The van der Waals surface area contributed by atoms with Gasteiger partial charge >= 0.3 is 5.69 Å². The van der Waals surface area contributed by atoms with E-state index in [0.717, 1.165) is 11.1 Å². The molecule has 3 rings (SSSR count). The number of nitrogens with two attached hydrogens (primary N) is 1. The Bertz CT molecular complexity index is 1080. The monoisotopic (exact) mass is 415 g/mol. The molecule has 29 heavy (non-hydrogen) atoms. The molecular weight excluding hydrogens is 394 g/mol. The van der Waals surface area contributed by atoms with Crippen LogP contribution in [0.2, 0.25) is 5.15 Å². The summed E-state index contributed by atoms with van der Waals surface area (Å²) in [5, 5.41) is 0.356. The van der Waals surface area contributed by atoms with Crippen molar-refractivity contribution in [1.82, 2.24) is 14.5 Å². The fourth-order valence-corrected chi connectivity index (χ4v) is 3.26. The summed E-state index contributed by atoms with van der Waals surface area (Å²) in [7, 11) is 1.53. The van der Waals surface area contributed by atoms with E-state index in [4.69, 9.17) is 22.1 Å². The molecule has 9 heteroatoms. The minimum absolute atomic E-state index is 0.0897. The van der Waals surface area contributed by atoms with Gasteiger partial charge in [-0.25, -0.2) is 9.78 Å². The summed E-state index contributed by atoms with van der Waals surface area (Å²) in [6, 6.07) is 13.2. The molecule has 3 N–H and O–H groups in total. The van der Waals surface area contributed by atoms with E-state index in [2.05, 4.69) is 9.97 Å². The molecule has 0 saturated carbocycles. The van der Waals surface area contributed by atoms with Gasteiger partial charge in [0.2, 0.25) is 0 Å². The number of nitrogen functional groups attached to an aromatic ring is 1. The van der Waals surface area contributed by atoms with Crippen molar-refractivity contribution in [3.63, 3.8) is 0 Å². The molecule has 0 aliphatic heterocycles. The lowest BCUT2D eigenvalue weighted by molar-refractivity contribution is 0.186. The van der Waals surface area contributed by atoms with Crippen LogP contribution in [0.4, 0.5) is 11.5 Å². The standard InChI is InChI=1S/C20H22ClN5O3/c1-29-10-9-26-18(22)17(19(27)24-20(26)28)25(12-14-5-3-2-4-6-14)13-15-7-8-23-16(21)11-15/h2-8,11H,9-10,12-13,22H2,1H3,(H,24,27,28). The summed E-state index contributed by atoms with van der Waals surface area (Å²) in [4.78, 5) is 33.1. The Kier molecular flexibility index (Phi) is 6.69. The minimum atomic E-state index is -0.570. The number of rotatable bonds is 8. The highest BCUT2D eigenvalue weighted by Crippen LogP contribution is 2.22. The Morgan fingerprint density at radius 3 is 2.59 bits per heavy atom. The first-order valence-electron chi connectivity index (χ1n) is 9.00. The second-order valence-electron chi connectivity index (χ2n) is 6.47. The van der Waals surface area contributed by atoms with Gasteiger partial charge in [0, 0.05) is 26.4 Å². The minimum Gasteiger partial charge on any atom is -0.383 e. The number of methoxy groups -OCH3 is 1. The summed E-state index contributed by atoms with van der Waals surface area (Å²) in [6.07, 6.45) is 1.60. The zero-order valence-electron chi connectivity index (χ0n) is 16.0. The van der Waals surface area contributed by atoms with Gasteiger partial charge in [0.05, 0.1) is 13.2 Å². The average molecular weight is 416 g/mol. The highest BCUT2D eigenvalue weighted by Gasteiger charge is 2.20. The van der Waals surface area contributed by atoms with E-state index in [1.807, 2.05) is 41.3 Å². The van der Waals surface area contributed by atoms with Crippen molar-refractivity contribution in [1.29, 1.82) is 0 Å². The third-order valence-corrected chi connectivity index (χ3v) is 4.64. The van der Waals surface area contributed by atoms with E-state index in [1.165, 1.54) is 11.7 Å². The zero-order chi connectivity index (χ0) is 20.8. The molecule has 2 aromatic heterocycles. The molecule has 1 aromatic carbocycles. The zero-order valence-corrected chi connectivity index (χ0v) is 16.7. The highest BCUT2D eigenvalue weighted by molar-refractivity contribution is 6.29. The molecule has 0 radical (unpaired) electrons. The fourth-order valence-electron chi connectivity index (χ4n) is 3.07. The Morgan fingerprint density at radius 2 is 1.90 bits per heavy atom. The van der Waals surface area contributed by atoms with Gasteiger partial charge in [0.1, 0.15) is 16.7 Å². The maximum absolute atomic E-state index is 12.7. The number of ether oxygens (including phenoxy) is 1. The number of hydrogen-bond donors (Lipinski definition) is 2. The lowest BCUT2D eigenvalue weighted by Crippen LogP contribution is -2.38. The van der Waals surface area contributed by atoms with Gasteiger partial charge in [0.15, 0.2) is 0 Å². The number of nitrogens with zero attached hydrogens (tertiary/aromatic N) is 3. The Labute approximate surface area is 172 Å². The quantitative estimate of drug-likeness (QED) is 0.545. The number of H-pyrrole nitrogens is 1. The summed E-state index contributed by atoms with van der Waals surface area (Å²) < 4.78 is 6.35. The number of halogens is 1. The molecule has 0 aliphatic rings. The molecule has 0 aliphatic carbocycles. The largest absolute Gasteiger partial charge is 0.383 e. The van der Waals surface area contributed by atoms with Crippen molar-refractivity contribution in [2.45, 2.75) is 19.6 Å². The van der Waals surface area contributed by atoms with Crippen molar-refractivity contribution in [2.75, 3.05) is 24.4 Å². The summed E-state index contributed by atoms with van der Waals surface area (Å²) >= 11 is 6.02. The van der Waals surface area contributed by atoms with Gasteiger partial charge in [-0.05, 0) is 23.3 Å². The molecule has 8 nitrogen and oxygen atoms in total. The topological polar surface area (TPSA) is 106 Å². The number of benzene rings is 1. The smallest absolute Gasteiger partial charge is 0.330 e. The van der Waals surface area contributed by atoms with E-state index in [0.29, 0.717) is 18.2 Å². The molecule has 0 atom stereocenters. The van der Waals surface area contributed by atoms with Crippen LogP contribution in [0.25, 0.3) is 0 Å². The molecule has 0 unspecified atom stereocenters. The first-order chi connectivity index (χ1) is 14.0. The average Bonchev–Trinajstić information content (AvgIpc) is 2.68. The van der Waals surface area contributed by atoms with Crippen LogP contribution in [0.15, 0.2) is 58.3 Å². The van der Waals surface area contributed by atoms with Gasteiger partial charge in [0.25, 0.3) is 5.56 Å². The van der Waals surface area contributed by atoms with Crippen LogP contribution < -0.4 is 21.9 Å². The van der Waals surface area contributed by atoms with Crippen molar-refractivity contribution in [3.05, 3.63) is 85.8 Å². The predicted octanol–water partition coefficient (Wildman–Crippen LogP) is 2.02. The predicted molar refractivity (Wildman–Crippen MR) is 113 cm³/mol. The number of anilines is 2. The van der Waals surface area contributed by atoms with Crippen molar-refractivity contribution in [3.8, 4) is 0 Å². The molecule has 0 bridgehead atoms. The summed E-state index contributed by atoms with van der Waals surface area (Å²) in [6.45, 7) is 1.28. The first kappa shape index (κ1) is 20.6. The number of pyridine rings is 1. The van der Waals surface area contributed by atoms with E-state index in [-0.39, 0.29) is 24.7 Å².